The van der Waals surface area contributed by atoms with Gasteiger partial charge in [-0.05, 0) is 73.0 Å². The van der Waals surface area contributed by atoms with E-state index in [0.29, 0.717) is 43.2 Å². The van der Waals surface area contributed by atoms with Crippen LogP contribution >= 0.6 is 0 Å². The predicted molar refractivity (Wildman–Crippen MR) is 129 cm³/mol. The Hall–Kier alpha value is -3.67. The van der Waals surface area contributed by atoms with E-state index in [-0.39, 0.29) is 5.91 Å². The van der Waals surface area contributed by atoms with E-state index in [0.717, 1.165) is 22.6 Å². The smallest absolute Gasteiger partial charge is 0.254 e. The molecule has 0 heterocycles. The Kier molecular flexibility index (Phi) is 8.58. The molecule has 0 spiro atoms. The summed E-state index contributed by atoms with van der Waals surface area (Å²) in [6.45, 7) is 3.61. The molecule has 0 bridgehead atoms. The Labute approximate surface area is 195 Å². The van der Waals surface area contributed by atoms with Crippen molar-refractivity contribution in [2.24, 2.45) is 0 Å². The van der Waals surface area contributed by atoms with E-state index in [4.69, 9.17) is 18.9 Å². The zero-order chi connectivity index (χ0) is 23.6. The molecule has 6 heteroatoms. The number of hydrogen-bond acceptors (Lipinski definition) is 5. The number of rotatable bonds is 11. The highest BCUT2D eigenvalue weighted by Crippen LogP contribution is 2.28. The molecule has 0 aliphatic rings. The van der Waals surface area contributed by atoms with Crippen LogP contribution in [0.15, 0.2) is 66.7 Å². The Morgan fingerprint density at radius 3 is 2.00 bits per heavy atom. The van der Waals surface area contributed by atoms with E-state index in [1.807, 2.05) is 54.3 Å². The van der Waals surface area contributed by atoms with E-state index in [1.165, 1.54) is 0 Å². The number of nitrogens with zero attached hydrogens (tertiary/aromatic N) is 1. The average molecular weight is 450 g/mol. The van der Waals surface area contributed by atoms with Crippen molar-refractivity contribution in [2.45, 2.75) is 19.9 Å². The molecule has 33 heavy (non-hydrogen) atoms. The van der Waals surface area contributed by atoms with E-state index < -0.39 is 0 Å². The molecular weight excluding hydrogens is 418 g/mol. The van der Waals surface area contributed by atoms with Gasteiger partial charge in [0.05, 0.1) is 27.9 Å². The highest BCUT2D eigenvalue weighted by molar-refractivity contribution is 5.94. The summed E-state index contributed by atoms with van der Waals surface area (Å²) in [7, 11) is 4.84. The molecule has 3 rings (SSSR count). The first kappa shape index (κ1) is 24.0. The van der Waals surface area contributed by atoms with Gasteiger partial charge in [-0.3, -0.25) is 4.79 Å². The summed E-state index contributed by atoms with van der Waals surface area (Å²) in [6.07, 6.45) is 0.680. The first-order chi connectivity index (χ1) is 16.1. The minimum atomic E-state index is -0.0352. The molecule has 0 fully saturated rings. The van der Waals surface area contributed by atoms with Crippen LogP contribution in [0.2, 0.25) is 0 Å². The van der Waals surface area contributed by atoms with Gasteiger partial charge in [-0.15, -0.1) is 0 Å². The first-order valence-corrected chi connectivity index (χ1v) is 10.9. The third-order valence-electron chi connectivity index (χ3n) is 5.35. The fourth-order valence-electron chi connectivity index (χ4n) is 3.55. The van der Waals surface area contributed by atoms with Gasteiger partial charge in [0, 0.05) is 18.7 Å². The standard InChI is InChI=1S/C27H31NO5/c1-5-33-24-11-6-21(7-12-24)19-28(27(29)22-9-13-23(30-2)14-10-22)17-16-20-8-15-25(31-3)26(18-20)32-4/h6-15,18H,5,16-17,19H2,1-4H3. The summed E-state index contributed by atoms with van der Waals surface area (Å²) in [6, 6.07) is 20.9. The van der Waals surface area contributed by atoms with Crippen LogP contribution in [0.3, 0.4) is 0 Å². The lowest BCUT2D eigenvalue weighted by atomic mass is 10.1. The SMILES string of the molecule is CCOc1ccc(CN(CCc2ccc(OC)c(OC)c2)C(=O)c2ccc(OC)cc2)cc1. The summed E-state index contributed by atoms with van der Waals surface area (Å²) < 4.78 is 21.5. The van der Waals surface area contributed by atoms with Crippen molar-refractivity contribution >= 4 is 5.91 Å². The van der Waals surface area contributed by atoms with Gasteiger partial charge in [0.25, 0.3) is 5.91 Å². The lowest BCUT2D eigenvalue weighted by molar-refractivity contribution is 0.0745. The van der Waals surface area contributed by atoms with E-state index in [1.54, 1.807) is 45.6 Å². The van der Waals surface area contributed by atoms with Crippen LogP contribution in [-0.2, 0) is 13.0 Å². The molecule has 0 N–H and O–H groups in total. The summed E-state index contributed by atoms with van der Waals surface area (Å²) in [4.78, 5) is 15.2. The zero-order valence-corrected chi connectivity index (χ0v) is 19.7. The highest BCUT2D eigenvalue weighted by atomic mass is 16.5. The number of amides is 1. The van der Waals surface area contributed by atoms with Gasteiger partial charge in [0.1, 0.15) is 11.5 Å². The van der Waals surface area contributed by atoms with Gasteiger partial charge < -0.3 is 23.8 Å². The van der Waals surface area contributed by atoms with Crippen molar-refractivity contribution in [2.75, 3.05) is 34.5 Å². The predicted octanol–water partition coefficient (Wildman–Crippen LogP) is 5.00. The second-order valence-corrected chi connectivity index (χ2v) is 7.47. The van der Waals surface area contributed by atoms with Crippen molar-refractivity contribution in [3.63, 3.8) is 0 Å². The van der Waals surface area contributed by atoms with Crippen molar-refractivity contribution in [1.82, 2.24) is 4.90 Å². The number of ether oxygens (including phenoxy) is 4. The molecule has 0 atom stereocenters. The molecule has 0 saturated carbocycles. The second kappa shape index (κ2) is 11.8. The summed E-state index contributed by atoms with van der Waals surface area (Å²) >= 11 is 0. The van der Waals surface area contributed by atoms with Crippen molar-refractivity contribution in [3.8, 4) is 23.0 Å². The van der Waals surface area contributed by atoms with Crippen molar-refractivity contribution in [1.29, 1.82) is 0 Å². The zero-order valence-electron chi connectivity index (χ0n) is 19.7. The molecule has 0 radical (unpaired) electrons. The van der Waals surface area contributed by atoms with Crippen LogP contribution in [0.25, 0.3) is 0 Å². The highest BCUT2D eigenvalue weighted by Gasteiger charge is 2.17. The van der Waals surface area contributed by atoms with Crippen LogP contribution in [0.5, 0.6) is 23.0 Å². The maximum Gasteiger partial charge on any atom is 0.254 e. The number of benzene rings is 3. The Balaban J connectivity index is 1.80. The molecule has 1 amide bonds. The van der Waals surface area contributed by atoms with Crippen LogP contribution < -0.4 is 18.9 Å². The molecular formula is C27H31NO5. The molecule has 6 nitrogen and oxygen atoms in total. The minimum Gasteiger partial charge on any atom is -0.497 e. The molecule has 0 aliphatic heterocycles. The number of hydrogen-bond donors (Lipinski definition) is 0. The number of carbonyl (C=O) groups excluding carboxylic acids is 1. The van der Waals surface area contributed by atoms with Crippen molar-refractivity contribution < 1.29 is 23.7 Å². The Morgan fingerprint density at radius 2 is 1.39 bits per heavy atom. The van der Waals surface area contributed by atoms with Gasteiger partial charge in [-0.25, -0.2) is 0 Å². The lowest BCUT2D eigenvalue weighted by Gasteiger charge is -2.24. The van der Waals surface area contributed by atoms with Gasteiger partial charge >= 0.3 is 0 Å². The van der Waals surface area contributed by atoms with Gasteiger partial charge in [-0.2, -0.15) is 0 Å². The largest absolute Gasteiger partial charge is 0.497 e. The maximum atomic E-state index is 13.4. The third-order valence-corrected chi connectivity index (χ3v) is 5.35. The monoisotopic (exact) mass is 449 g/mol. The van der Waals surface area contributed by atoms with Gasteiger partial charge in [0.2, 0.25) is 0 Å². The van der Waals surface area contributed by atoms with Crippen LogP contribution in [-0.4, -0.2) is 45.3 Å². The first-order valence-electron chi connectivity index (χ1n) is 10.9. The minimum absolute atomic E-state index is 0.0352. The molecule has 3 aromatic rings. The summed E-state index contributed by atoms with van der Waals surface area (Å²) in [5.41, 5.74) is 2.72. The van der Waals surface area contributed by atoms with Crippen LogP contribution in [0.4, 0.5) is 0 Å². The van der Waals surface area contributed by atoms with Crippen LogP contribution in [0, 0.1) is 0 Å². The van der Waals surface area contributed by atoms with Crippen LogP contribution in [0.1, 0.15) is 28.4 Å². The third kappa shape index (κ3) is 6.42. The summed E-state index contributed by atoms with van der Waals surface area (Å²) in [5, 5.41) is 0. The van der Waals surface area contributed by atoms with Gasteiger partial charge in [-0.1, -0.05) is 18.2 Å². The second-order valence-electron chi connectivity index (χ2n) is 7.47. The van der Waals surface area contributed by atoms with Crippen molar-refractivity contribution in [3.05, 3.63) is 83.4 Å². The summed E-state index contributed by atoms with van der Waals surface area (Å²) in [5.74, 6) is 2.86. The molecule has 0 unspecified atom stereocenters. The molecule has 0 saturated heterocycles. The average Bonchev–Trinajstić information content (AvgIpc) is 2.87. The normalized spacial score (nSPS) is 10.4. The van der Waals surface area contributed by atoms with Gasteiger partial charge in [0.15, 0.2) is 11.5 Å². The van der Waals surface area contributed by atoms with E-state index >= 15 is 0 Å². The molecule has 0 aliphatic carbocycles. The topological polar surface area (TPSA) is 57.2 Å². The van der Waals surface area contributed by atoms with E-state index in [9.17, 15) is 4.79 Å². The lowest BCUT2D eigenvalue weighted by Crippen LogP contribution is -2.32. The van der Waals surface area contributed by atoms with E-state index in [2.05, 4.69) is 0 Å². The molecule has 174 valence electrons. The fourth-order valence-corrected chi connectivity index (χ4v) is 3.55. The fraction of sp³-hybridized carbons (Fsp3) is 0.296. The quantitative estimate of drug-likeness (QED) is 0.413. The number of carbonyl (C=O) groups is 1. The maximum absolute atomic E-state index is 13.4. The Morgan fingerprint density at radius 1 is 0.758 bits per heavy atom. The number of methoxy groups -OCH3 is 3. The Bertz CT molecular complexity index is 1030. The molecule has 3 aromatic carbocycles. The molecule has 0 aromatic heterocycles.